The highest BCUT2D eigenvalue weighted by atomic mass is 16.7. The van der Waals surface area contributed by atoms with Crippen LogP contribution in [0.4, 0.5) is 0 Å². The number of hydrogen-bond donors (Lipinski definition) is 1. The molecule has 0 unspecified atom stereocenters. The van der Waals surface area contributed by atoms with E-state index in [0.717, 1.165) is 0 Å². The summed E-state index contributed by atoms with van der Waals surface area (Å²) < 4.78 is 14.4. The van der Waals surface area contributed by atoms with E-state index in [9.17, 15) is 9.90 Å². The van der Waals surface area contributed by atoms with Crippen molar-refractivity contribution in [1.82, 2.24) is 0 Å². The van der Waals surface area contributed by atoms with Gasteiger partial charge in [-0.15, -0.1) is 0 Å². The number of carbonyl (C=O) groups is 1. The summed E-state index contributed by atoms with van der Waals surface area (Å²) in [5.74, 6) is -0.512. The highest BCUT2D eigenvalue weighted by Gasteiger charge is 2.21. The van der Waals surface area contributed by atoms with Gasteiger partial charge >= 0.3 is 5.97 Å². The van der Waals surface area contributed by atoms with Crippen molar-refractivity contribution in [1.29, 1.82) is 0 Å². The molecule has 0 aliphatic carbocycles. The Morgan fingerprint density at radius 2 is 1.93 bits per heavy atom. The fraction of sp³-hybridized carbons (Fsp3) is 0.700. The molecule has 5 nitrogen and oxygen atoms in total. The van der Waals surface area contributed by atoms with E-state index >= 15 is 0 Å². The van der Waals surface area contributed by atoms with Crippen molar-refractivity contribution in [2.24, 2.45) is 0 Å². The van der Waals surface area contributed by atoms with Crippen LogP contribution in [0.5, 0.6) is 0 Å². The zero-order valence-corrected chi connectivity index (χ0v) is 9.36. The van der Waals surface area contributed by atoms with Crippen molar-refractivity contribution in [3.63, 3.8) is 0 Å². The molecule has 0 amide bonds. The van der Waals surface area contributed by atoms with Crippen LogP contribution in [-0.4, -0.2) is 44.3 Å². The van der Waals surface area contributed by atoms with Crippen LogP contribution in [0.1, 0.15) is 13.3 Å². The molecule has 0 radical (unpaired) electrons. The average molecular weight is 218 g/mol. The minimum absolute atomic E-state index is 0.0607. The van der Waals surface area contributed by atoms with E-state index in [-0.39, 0.29) is 18.6 Å². The lowest BCUT2D eigenvalue weighted by molar-refractivity contribution is -0.164. The van der Waals surface area contributed by atoms with Gasteiger partial charge in [0, 0.05) is 26.2 Å². The fourth-order valence-electron chi connectivity index (χ4n) is 1.08. The van der Waals surface area contributed by atoms with E-state index in [1.165, 1.54) is 14.2 Å². The van der Waals surface area contributed by atoms with Crippen molar-refractivity contribution in [3.8, 4) is 0 Å². The molecular weight excluding hydrogens is 200 g/mol. The molecule has 0 heterocycles. The van der Waals surface area contributed by atoms with Gasteiger partial charge in [-0.3, -0.25) is 0 Å². The minimum atomic E-state index is -0.933. The Morgan fingerprint density at radius 1 is 1.40 bits per heavy atom. The molecule has 0 fully saturated rings. The Labute approximate surface area is 89.6 Å². The zero-order valence-electron chi connectivity index (χ0n) is 9.36. The second-order valence-electron chi connectivity index (χ2n) is 2.94. The van der Waals surface area contributed by atoms with E-state index in [1.54, 1.807) is 6.92 Å². The van der Waals surface area contributed by atoms with Gasteiger partial charge in [-0.25, -0.2) is 4.79 Å². The van der Waals surface area contributed by atoms with Gasteiger partial charge in [0.05, 0.1) is 6.61 Å². The Hall–Kier alpha value is -0.910. The van der Waals surface area contributed by atoms with E-state index in [2.05, 4.69) is 6.58 Å². The molecule has 0 bridgehead atoms. The van der Waals surface area contributed by atoms with Crippen LogP contribution in [0.15, 0.2) is 12.2 Å². The minimum Gasteiger partial charge on any atom is -0.463 e. The summed E-state index contributed by atoms with van der Waals surface area (Å²) in [6.07, 6.45) is -1.64. The first-order valence-corrected chi connectivity index (χ1v) is 4.65. The third-order valence-corrected chi connectivity index (χ3v) is 1.80. The maximum absolute atomic E-state index is 11.2. The first-order chi connectivity index (χ1) is 7.06. The Kier molecular flexibility index (Phi) is 6.94. The number of aliphatic hydroxyl groups excluding tert-OH is 1. The van der Waals surface area contributed by atoms with E-state index in [0.29, 0.717) is 0 Å². The summed E-state index contributed by atoms with van der Waals surface area (Å²) in [5, 5.41) is 9.58. The number of esters is 1. The number of aliphatic hydroxyl groups is 1. The maximum atomic E-state index is 11.2. The molecule has 5 heteroatoms. The average Bonchev–Trinajstić information content (AvgIpc) is 2.19. The molecule has 0 aliphatic heterocycles. The van der Waals surface area contributed by atoms with Crippen LogP contribution in [-0.2, 0) is 19.0 Å². The van der Waals surface area contributed by atoms with Crippen molar-refractivity contribution >= 4 is 5.97 Å². The second kappa shape index (κ2) is 7.39. The molecule has 0 spiro atoms. The van der Waals surface area contributed by atoms with Crippen molar-refractivity contribution < 1.29 is 24.1 Å². The van der Waals surface area contributed by atoms with E-state index < -0.39 is 18.4 Å². The predicted octanol–water partition coefficient (Wildman–Crippen LogP) is 0.476. The smallest absolute Gasteiger partial charge is 0.333 e. The molecule has 0 aromatic rings. The molecule has 0 aromatic heterocycles. The van der Waals surface area contributed by atoms with Crippen molar-refractivity contribution in [2.45, 2.75) is 25.7 Å². The molecule has 1 atom stereocenters. The largest absolute Gasteiger partial charge is 0.463 e. The summed E-state index contributed by atoms with van der Waals surface area (Å²) in [6, 6.07) is 0. The van der Waals surface area contributed by atoms with Gasteiger partial charge in [-0.2, -0.15) is 0 Å². The molecule has 0 aromatic carbocycles. The van der Waals surface area contributed by atoms with E-state index in [4.69, 9.17) is 14.2 Å². The summed E-state index contributed by atoms with van der Waals surface area (Å²) in [7, 11) is 2.81. The fourth-order valence-corrected chi connectivity index (χ4v) is 1.08. The lowest BCUT2D eigenvalue weighted by Crippen LogP contribution is -2.31. The summed E-state index contributed by atoms with van der Waals surface area (Å²) in [5.41, 5.74) is 0.198. The lowest BCUT2D eigenvalue weighted by Gasteiger charge is -2.20. The van der Waals surface area contributed by atoms with Crippen LogP contribution in [0.3, 0.4) is 0 Å². The molecule has 1 N–H and O–H groups in total. The van der Waals surface area contributed by atoms with Gasteiger partial charge in [0.25, 0.3) is 0 Å². The standard InChI is InChI=1S/C10H18O5/c1-5-15-9(12)7(2)6-8(11)10(13-3)14-4/h8,10-11H,2,5-6H2,1,3-4H3/t8-/m1/s1. The zero-order chi connectivity index (χ0) is 11.8. The number of ether oxygens (including phenoxy) is 3. The third kappa shape index (κ3) is 4.92. The summed E-state index contributed by atoms with van der Waals surface area (Å²) in [4.78, 5) is 11.2. The van der Waals surface area contributed by atoms with Crippen LogP contribution in [0.2, 0.25) is 0 Å². The Morgan fingerprint density at radius 3 is 2.33 bits per heavy atom. The molecule has 88 valence electrons. The normalized spacial score (nSPS) is 12.6. The summed E-state index contributed by atoms with van der Waals surface area (Å²) in [6.45, 7) is 5.51. The molecule has 15 heavy (non-hydrogen) atoms. The van der Waals surface area contributed by atoms with Gasteiger partial charge < -0.3 is 19.3 Å². The SMILES string of the molecule is C=C(C[C@@H](O)C(OC)OC)C(=O)OCC. The quantitative estimate of drug-likeness (QED) is 0.382. The van der Waals surface area contributed by atoms with Crippen LogP contribution < -0.4 is 0 Å². The van der Waals surface area contributed by atoms with Gasteiger partial charge in [-0.1, -0.05) is 6.58 Å². The molecule has 0 aliphatic rings. The Bertz CT molecular complexity index is 210. The lowest BCUT2D eigenvalue weighted by atomic mass is 10.1. The number of hydrogen-bond acceptors (Lipinski definition) is 5. The van der Waals surface area contributed by atoms with Crippen LogP contribution >= 0.6 is 0 Å². The third-order valence-electron chi connectivity index (χ3n) is 1.80. The highest BCUT2D eigenvalue weighted by molar-refractivity contribution is 5.87. The Balaban J connectivity index is 4.10. The molecular formula is C10H18O5. The monoisotopic (exact) mass is 218 g/mol. The number of rotatable bonds is 7. The molecule has 0 saturated heterocycles. The van der Waals surface area contributed by atoms with Gasteiger partial charge in [0.1, 0.15) is 6.10 Å². The second-order valence-corrected chi connectivity index (χ2v) is 2.94. The van der Waals surface area contributed by atoms with Gasteiger partial charge in [0.15, 0.2) is 6.29 Å². The predicted molar refractivity (Wildman–Crippen MR) is 54.2 cm³/mol. The number of carbonyl (C=O) groups excluding carboxylic acids is 1. The molecule has 0 saturated carbocycles. The van der Waals surface area contributed by atoms with Crippen LogP contribution in [0, 0.1) is 0 Å². The van der Waals surface area contributed by atoms with E-state index in [1.807, 2.05) is 0 Å². The number of methoxy groups -OCH3 is 2. The first-order valence-electron chi connectivity index (χ1n) is 4.65. The van der Waals surface area contributed by atoms with Crippen LogP contribution in [0.25, 0.3) is 0 Å². The first kappa shape index (κ1) is 14.1. The van der Waals surface area contributed by atoms with Crippen molar-refractivity contribution in [3.05, 3.63) is 12.2 Å². The highest BCUT2D eigenvalue weighted by Crippen LogP contribution is 2.11. The summed E-state index contributed by atoms with van der Waals surface area (Å²) >= 11 is 0. The maximum Gasteiger partial charge on any atom is 0.333 e. The van der Waals surface area contributed by atoms with Gasteiger partial charge in [0.2, 0.25) is 0 Å². The molecule has 0 rings (SSSR count). The topological polar surface area (TPSA) is 65.0 Å². The van der Waals surface area contributed by atoms with Gasteiger partial charge in [-0.05, 0) is 6.92 Å². The van der Waals surface area contributed by atoms with Crippen molar-refractivity contribution in [2.75, 3.05) is 20.8 Å².